The summed E-state index contributed by atoms with van der Waals surface area (Å²) in [6, 6.07) is 6.32. The summed E-state index contributed by atoms with van der Waals surface area (Å²) in [5, 5.41) is 20.9. The molecule has 0 radical (unpaired) electrons. The molecule has 0 aromatic heterocycles. The summed E-state index contributed by atoms with van der Waals surface area (Å²) in [6.07, 6.45) is 3.80. The average Bonchev–Trinajstić information content (AvgIpc) is 2.80. The summed E-state index contributed by atoms with van der Waals surface area (Å²) < 4.78 is 17.9. The number of carbonyl (C=O) groups excluding carboxylic acids is 1. The van der Waals surface area contributed by atoms with Gasteiger partial charge in [0.1, 0.15) is 40.4 Å². The van der Waals surface area contributed by atoms with Crippen LogP contribution in [-0.4, -0.2) is 29.2 Å². The number of phenolic OH excluding ortho intramolecular Hbond substituents is 2. The largest absolute Gasteiger partial charge is 0.508 e. The van der Waals surface area contributed by atoms with Crippen molar-refractivity contribution in [1.82, 2.24) is 0 Å². The molecule has 6 nitrogen and oxygen atoms in total. The van der Waals surface area contributed by atoms with Crippen molar-refractivity contribution in [2.45, 2.75) is 66.4 Å². The molecule has 0 aliphatic carbocycles. The standard InChI is InChI=1S/C30H38O6/c1-7-34-26-15-21(31)12-14-23(26)27-17-25(33)29-28(35-8-2)16-24(32)22(30(29)36-27)13-11-20(19(5)6)10-9-18(3)4/h9,12,14-16,20,27,31-32H,5,7-8,10-11,13,17H2,1-4,6H3. The van der Waals surface area contributed by atoms with Crippen molar-refractivity contribution < 1.29 is 29.2 Å². The molecule has 0 saturated heterocycles. The number of ether oxygens (including phenoxy) is 3. The molecule has 194 valence electrons. The van der Waals surface area contributed by atoms with Gasteiger partial charge in [0.2, 0.25) is 0 Å². The third-order valence-corrected chi connectivity index (χ3v) is 6.43. The Morgan fingerprint density at radius 1 is 1.14 bits per heavy atom. The molecule has 1 aliphatic heterocycles. The van der Waals surface area contributed by atoms with Crippen LogP contribution in [0.15, 0.2) is 48.1 Å². The minimum atomic E-state index is -0.621. The molecule has 0 bridgehead atoms. The van der Waals surface area contributed by atoms with Crippen LogP contribution in [0.25, 0.3) is 0 Å². The molecule has 2 unspecified atom stereocenters. The minimum absolute atomic E-state index is 0.0454. The predicted octanol–water partition coefficient (Wildman–Crippen LogP) is 7.08. The minimum Gasteiger partial charge on any atom is -0.508 e. The second-order valence-electron chi connectivity index (χ2n) is 9.50. The lowest BCUT2D eigenvalue weighted by atomic mass is 9.87. The fraction of sp³-hybridized carbons (Fsp3) is 0.433. The molecule has 2 atom stereocenters. The van der Waals surface area contributed by atoms with Gasteiger partial charge in [0.05, 0.1) is 19.6 Å². The number of benzene rings is 2. The van der Waals surface area contributed by atoms with Crippen LogP contribution >= 0.6 is 0 Å². The number of aromatic hydroxyl groups is 2. The van der Waals surface area contributed by atoms with Crippen molar-refractivity contribution in [2.24, 2.45) is 5.92 Å². The van der Waals surface area contributed by atoms with Crippen molar-refractivity contribution in [3.8, 4) is 28.7 Å². The molecule has 1 heterocycles. The second-order valence-corrected chi connectivity index (χ2v) is 9.50. The zero-order valence-electron chi connectivity index (χ0n) is 22.0. The molecular weight excluding hydrogens is 456 g/mol. The molecule has 0 fully saturated rings. The highest BCUT2D eigenvalue weighted by molar-refractivity contribution is 6.03. The molecule has 0 amide bonds. The van der Waals surface area contributed by atoms with Crippen LogP contribution in [0.5, 0.6) is 28.7 Å². The van der Waals surface area contributed by atoms with Crippen LogP contribution in [0.3, 0.4) is 0 Å². The summed E-state index contributed by atoms with van der Waals surface area (Å²) >= 11 is 0. The topological polar surface area (TPSA) is 85.2 Å². The van der Waals surface area contributed by atoms with Crippen molar-refractivity contribution in [2.75, 3.05) is 13.2 Å². The van der Waals surface area contributed by atoms with Crippen LogP contribution in [0, 0.1) is 5.92 Å². The first kappa shape index (κ1) is 27.2. The number of phenols is 2. The van der Waals surface area contributed by atoms with E-state index in [2.05, 4.69) is 26.5 Å². The number of hydrogen-bond donors (Lipinski definition) is 2. The van der Waals surface area contributed by atoms with Gasteiger partial charge in [0.15, 0.2) is 5.78 Å². The molecule has 1 aliphatic rings. The van der Waals surface area contributed by atoms with E-state index < -0.39 is 6.10 Å². The van der Waals surface area contributed by atoms with Gasteiger partial charge in [-0.2, -0.15) is 0 Å². The fourth-order valence-electron chi connectivity index (χ4n) is 4.53. The summed E-state index contributed by atoms with van der Waals surface area (Å²) in [5.74, 6) is 1.38. The molecule has 36 heavy (non-hydrogen) atoms. The summed E-state index contributed by atoms with van der Waals surface area (Å²) in [6.45, 7) is 14.8. The van der Waals surface area contributed by atoms with Gasteiger partial charge in [-0.25, -0.2) is 0 Å². The molecule has 6 heteroatoms. The molecule has 0 spiro atoms. The third-order valence-electron chi connectivity index (χ3n) is 6.43. The number of ketones is 1. The highest BCUT2D eigenvalue weighted by Crippen LogP contribution is 2.48. The first-order valence-corrected chi connectivity index (χ1v) is 12.6. The second kappa shape index (κ2) is 12.0. The number of carbonyl (C=O) groups is 1. The summed E-state index contributed by atoms with van der Waals surface area (Å²) in [5.41, 5.74) is 3.95. The molecule has 3 rings (SSSR count). The zero-order chi connectivity index (χ0) is 26.4. The lowest BCUT2D eigenvalue weighted by molar-refractivity contribution is 0.0836. The van der Waals surface area contributed by atoms with Gasteiger partial charge in [-0.05, 0) is 71.9 Å². The van der Waals surface area contributed by atoms with E-state index in [1.165, 1.54) is 17.7 Å². The van der Waals surface area contributed by atoms with Gasteiger partial charge in [-0.3, -0.25) is 4.79 Å². The van der Waals surface area contributed by atoms with Gasteiger partial charge >= 0.3 is 0 Å². The quantitative estimate of drug-likeness (QED) is 0.325. The average molecular weight is 495 g/mol. The highest BCUT2D eigenvalue weighted by atomic mass is 16.5. The maximum Gasteiger partial charge on any atom is 0.174 e. The first-order valence-electron chi connectivity index (χ1n) is 12.6. The molecule has 2 N–H and O–H groups in total. The number of fused-ring (bicyclic) bond motifs is 1. The van der Waals surface area contributed by atoms with Crippen LogP contribution in [-0.2, 0) is 6.42 Å². The molecule has 2 aromatic rings. The van der Waals surface area contributed by atoms with E-state index in [1.54, 1.807) is 12.1 Å². The SMILES string of the molecule is C=C(C)C(CC=C(C)C)CCc1c(O)cc(OCC)c2c1OC(c1ccc(O)cc1OCC)CC2=O. The van der Waals surface area contributed by atoms with Gasteiger partial charge in [0, 0.05) is 23.3 Å². The zero-order valence-corrected chi connectivity index (χ0v) is 22.0. The van der Waals surface area contributed by atoms with Crippen LogP contribution in [0.2, 0.25) is 0 Å². The summed E-state index contributed by atoms with van der Waals surface area (Å²) in [4.78, 5) is 13.4. The van der Waals surface area contributed by atoms with E-state index >= 15 is 0 Å². The normalized spacial score (nSPS) is 15.5. The van der Waals surface area contributed by atoms with Crippen LogP contribution in [0.4, 0.5) is 0 Å². The number of rotatable bonds is 11. The Balaban J connectivity index is 2.03. The lowest BCUT2D eigenvalue weighted by Crippen LogP contribution is -2.23. The smallest absolute Gasteiger partial charge is 0.174 e. The Kier molecular flexibility index (Phi) is 9.08. The Hall–Kier alpha value is -3.41. The van der Waals surface area contributed by atoms with Crippen molar-refractivity contribution in [1.29, 1.82) is 0 Å². The number of allylic oxidation sites excluding steroid dienone is 3. The van der Waals surface area contributed by atoms with Gasteiger partial charge < -0.3 is 24.4 Å². The van der Waals surface area contributed by atoms with Gasteiger partial charge in [0.25, 0.3) is 0 Å². The van der Waals surface area contributed by atoms with Gasteiger partial charge in [-0.1, -0.05) is 23.8 Å². The molecule has 2 aromatic carbocycles. The Morgan fingerprint density at radius 3 is 2.47 bits per heavy atom. The summed E-state index contributed by atoms with van der Waals surface area (Å²) in [7, 11) is 0. The van der Waals surface area contributed by atoms with Crippen molar-refractivity contribution in [3.05, 3.63) is 64.8 Å². The van der Waals surface area contributed by atoms with Gasteiger partial charge in [-0.15, -0.1) is 0 Å². The lowest BCUT2D eigenvalue weighted by Gasteiger charge is -2.30. The maximum atomic E-state index is 13.4. The van der Waals surface area contributed by atoms with E-state index in [1.807, 2.05) is 20.8 Å². The van der Waals surface area contributed by atoms with Crippen molar-refractivity contribution in [3.63, 3.8) is 0 Å². The van der Waals surface area contributed by atoms with Crippen molar-refractivity contribution >= 4 is 5.78 Å². The Bertz CT molecular complexity index is 1140. The first-order chi connectivity index (χ1) is 17.2. The molecular formula is C30H38O6. The van der Waals surface area contributed by atoms with E-state index in [0.29, 0.717) is 53.6 Å². The van der Waals surface area contributed by atoms with E-state index in [-0.39, 0.29) is 29.6 Å². The Labute approximate surface area is 214 Å². The maximum absolute atomic E-state index is 13.4. The highest BCUT2D eigenvalue weighted by Gasteiger charge is 2.35. The van der Waals surface area contributed by atoms with E-state index in [4.69, 9.17) is 14.2 Å². The van der Waals surface area contributed by atoms with Crippen LogP contribution in [0.1, 0.15) is 81.5 Å². The van der Waals surface area contributed by atoms with E-state index in [0.717, 1.165) is 18.4 Å². The fourth-order valence-corrected chi connectivity index (χ4v) is 4.53. The van der Waals surface area contributed by atoms with E-state index in [9.17, 15) is 15.0 Å². The third kappa shape index (κ3) is 6.23. The predicted molar refractivity (Wildman–Crippen MR) is 142 cm³/mol. The molecule has 0 saturated carbocycles. The number of hydrogen-bond acceptors (Lipinski definition) is 6. The van der Waals surface area contributed by atoms with Crippen LogP contribution < -0.4 is 14.2 Å². The number of Topliss-reactive ketones (excluding diaryl/α,β-unsaturated/α-hetero) is 1. The Morgan fingerprint density at radius 2 is 1.83 bits per heavy atom. The monoisotopic (exact) mass is 494 g/mol.